The molecule has 5 nitrogen and oxygen atoms in total. The third-order valence-corrected chi connectivity index (χ3v) is 5.64. The SMILES string of the molecule is Cc1c(F)cccc1OC(=O)N1CCC(C(C)NC(=O)c2ccc(Cl)cc2)CC1. The van der Waals surface area contributed by atoms with Gasteiger partial charge < -0.3 is 15.0 Å². The van der Waals surface area contributed by atoms with Crippen molar-refractivity contribution in [3.63, 3.8) is 0 Å². The molecule has 1 fully saturated rings. The molecule has 0 radical (unpaired) electrons. The van der Waals surface area contributed by atoms with Gasteiger partial charge in [-0.3, -0.25) is 4.79 Å². The first-order valence-corrected chi connectivity index (χ1v) is 10.0. The average Bonchev–Trinajstić information content (AvgIpc) is 2.72. The molecule has 2 aromatic carbocycles. The van der Waals surface area contributed by atoms with Crippen molar-refractivity contribution in [2.45, 2.75) is 32.7 Å². The maximum Gasteiger partial charge on any atom is 0.415 e. The maximum absolute atomic E-state index is 13.6. The molecule has 1 aliphatic rings. The second-order valence-electron chi connectivity index (χ2n) is 7.32. The molecule has 2 amide bonds. The number of amides is 2. The van der Waals surface area contributed by atoms with Gasteiger partial charge in [0, 0.05) is 35.3 Å². The van der Waals surface area contributed by atoms with Crippen molar-refractivity contribution >= 4 is 23.6 Å². The van der Waals surface area contributed by atoms with Crippen molar-refractivity contribution in [1.82, 2.24) is 10.2 Å². The summed E-state index contributed by atoms with van der Waals surface area (Å²) < 4.78 is 19.0. The minimum Gasteiger partial charge on any atom is -0.410 e. The van der Waals surface area contributed by atoms with E-state index in [1.165, 1.54) is 12.1 Å². The standard InChI is InChI=1S/C22H24ClFN2O3/c1-14-19(24)4-3-5-20(14)29-22(28)26-12-10-16(11-13-26)15(2)25-21(27)17-6-8-18(23)9-7-17/h3-9,15-16H,10-13H2,1-2H3,(H,25,27). The summed E-state index contributed by atoms with van der Waals surface area (Å²) in [5, 5.41) is 3.61. The third-order valence-electron chi connectivity index (χ3n) is 5.39. The topological polar surface area (TPSA) is 58.6 Å². The lowest BCUT2D eigenvalue weighted by molar-refractivity contribution is 0.0895. The normalized spacial score (nSPS) is 15.7. The molecule has 0 aromatic heterocycles. The Bertz CT molecular complexity index is 880. The van der Waals surface area contributed by atoms with Crippen LogP contribution in [0.3, 0.4) is 0 Å². The zero-order chi connectivity index (χ0) is 21.0. The van der Waals surface area contributed by atoms with Crippen LogP contribution in [0.25, 0.3) is 0 Å². The number of nitrogens with zero attached hydrogens (tertiary/aromatic N) is 1. The van der Waals surface area contributed by atoms with Gasteiger partial charge in [-0.05, 0) is 69.0 Å². The smallest absolute Gasteiger partial charge is 0.410 e. The number of hydrogen-bond donors (Lipinski definition) is 1. The molecule has 0 spiro atoms. The van der Waals surface area contributed by atoms with E-state index in [1.807, 2.05) is 6.92 Å². The number of halogens is 2. The van der Waals surface area contributed by atoms with E-state index in [9.17, 15) is 14.0 Å². The van der Waals surface area contributed by atoms with Crippen molar-refractivity contribution in [2.24, 2.45) is 5.92 Å². The lowest BCUT2D eigenvalue weighted by Crippen LogP contribution is -2.46. The summed E-state index contributed by atoms with van der Waals surface area (Å²) in [4.78, 5) is 26.4. The molecule has 1 N–H and O–H groups in total. The molecule has 1 saturated heterocycles. The van der Waals surface area contributed by atoms with Crippen LogP contribution in [-0.4, -0.2) is 36.0 Å². The monoisotopic (exact) mass is 418 g/mol. The van der Waals surface area contributed by atoms with Gasteiger partial charge in [-0.1, -0.05) is 17.7 Å². The van der Waals surface area contributed by atoms with Gasteiger partial charge in [-0.15, -0.1) is 0 Å². The molecule has 1 atom stereocenters. The molecular weight excluding hydrogens is 395 g/mol. The fraction of sp³-hybridized carbons (Fsp3) is 0.364. The van der Waals surface area contributed by atoms with E-state index in [1.54, 1.807) is 42.2 Å². The van der Waals surface area contributed by atoms with Crippen molar-refractivity contribution in [3.05, 3.63) is 64.4 Å². The van der Waals surface area contributed by atoms with Crippen LogP contribution in [0.2, 0.25) is 5.02 Å². The number of rotatable bonds is 4. The number of carbonyl (C=O) groups excluding carboxylic acids is 2. The van der Waals surface area contributed by atoms with Crippen molar-refractivity contribution in [1.29, 1.82) is 0 Å². The van der Waals surface area contributed by atoms with Crippen LogP contribution in [0.1, 0.15) is 35.7 Å². The largest absolute Gasteiger partial charge is 0.415 e. The van der Waals surface area contributed by atoms with Crippen LogP contribution in [0.15, 0.2) is 42.5 Å². The van der Waals surface area contributed by atoms with Crippen LogP contribution in [-0.2, 0) is 0 Å². The van der Waals surface area contributed by atoms with Crippen LogP contribution < -0.4 is 10.1 Å². The highest BCUT2D eigenvalue weighted by molar-refractivity contribution is 6.30. The average molecular weight is 419 g/mol. The van der Waals surface area contributed by atoms with Gasteiger partial charge in [-0.25, -0.2) is 9.18 Å². The Labute approximate surface area is 174 Å². The highest BCUT2D eigenvalue weighted by Crippen LogP contribution is 2.24. The van der Waals surface area contributed by atoms with E-state index in [-0.39, 0.29) is 23.6 Å². The summed E-state index contributed by atoms with van der Waals surface area (Å²) in [6.45, 7) is 4.61. The molecule has 154 valence electrons. The molecule has 7 heteroatoms. The quantitative estimate of drug-likeness (QED) is 0.774. The molecule has 1 aliphatic heterocycles. The highest BCUT2D eigenvalue weighted by atomic mass is 35.5. The number of ether oxygens (including phenoxy) is 1. The zero-order valence-electron chi connectivity index (χ0n) is 16.5. The fourth-order valence-electron chi connectivity index (χ4n) is 3.45. The minimum atomic E-state index is -0.477. The minimum absolute atomic E-state index is 0.0261. The number of nitrogens with one attached hydrogen (secondary N) is 1. The van der Waals surface area contributed by atoms with Gasteiger partial charge in [0.05, 0.1) is 0 Å². The van der Waals surface area contributed by atoms with Crippen molar-refractivity contribution in [3.8, 4) is 5.75 Å². The van der Waals surface area contributed by atoms with Gasteiger partial charge in [-0.2, -0.15) is 0 Å². The molecule has 0 bridgehead atoms. The Balaban J connectivity index is 1.50. The number of hydrogen-bond acceptors (Lipinski definition) is 3. The fourth-order valence-corrected chi connectivity index (χ4v) is 3.57. The summed E-state index contributed by atoms with van der Waals surface area (Å²) in [7, 11) is 0. The predicted octanol–water partition coefficient (Wildman–Crippen LogP) is 4.82. The Morgan fingerprint density at radius 2 is 1.83 bits per heavy atom. The van der Waals surface area contributed by atoms with Crippen LogP contribution in [0.4, 0.5) is 9.18 Å². The number of benzene rings is 2. The van der Waals surface area contributed by atoms with Gasteiger partial charge in [0.25, 0.3) is 5.91 Å². The Morgan fingerprint density at radius 3 is 2.48 bits per heavy atom. The number of likely N-dealkylation sites (tertiary alicyclic amines) is 1. The van der Waals surface area contributed by atoms with Crippen LogP contribution >= 0.6 is 11.6 Å². The Kier molecular flexibility index (Phi) is 6.75. The molecule has 3 rings (SSSR count). The van der Waals surface area contributed by atoms with E-state index < -0.39 is 11.9 Å². The molecule has 0 aliphatic carbocycles. The van der Waals surface area contributed by atoms with E-state index >= 15 is 0 Å². The lowest BCUT2D eigenvalue weighted by Gasteiger charge is -2.34. The second kappa shape index (κ2) is 9.27. The predicted molar refractivity (Wildman–Crippen MR) is 110 cm³/mol. The molecule has 2 aromatic rings. The van der Waals surface area contributed by atoms with E-state index in [2.05, 4.69) is 5.32 Å². The first-order valence-electron chi connectivity index (χ1n) is 9.63. The number of piperidine rings is 1. The van der Waals surface area contributed by atoms with E-state index in [0.29, 0.717) is 29.2 Å². The summed E-state index contributed by atoms with van der Waals surface area (Å²) in [5.41, 5.74) is 0.877. The lowest BCUT2D eigenvalue weighted by atomic mass is 9.90. The summed E-state index contributed by atoms with van der Waals surface area (Å²) >= 11 is 5.86. The van der Waals surface area contributed by atoms with Crippen LogP contribution in [0.5, 0.6) is 5.75 Å². The third kappa shape index (κ3) is 5.26. The Hall–Kier alpha value is -2.60. The van der Waals surface area contributed by atoms with Gasteiger partial charge in [0.2, 0.25) is 0 Å². The summed E-state index contributed by atoms with van der Waals surface area (Å²) in [6.07, 6.45) is 1.02. The molecule has 0 saturated carbocycles. The summed E-state index contributed by atoms with van der Waals surface area (Å²) in [5.74, 6) is -0.0521. The van der Waals surface area contributed by atoms with E-state index in [4.69, 9.17) is 16.3 Å². The maximum atomic E-state index is 13.6. The summed E-state index contributed by atoms with van der Waals surface area (Å²) in [6, 6.07) is 11.2. The highest BCUT2D eigenvalue weighted by Gasteiger charge is 2.28. The van der Waals surface area contributed by atoms with Gasteiger partial charge >= 0.3 is 6.09 Å². The first-order chi connectivity index (χ1) is 13.8. The van der Waals surface area contributed by atoms with Gasteiger partial charge in [0.15, 0.2) is 0 Å². The number of carbonyl (C=O) groups is 2. The van der Waals surface area contributed by atoms with Crippen molar-refractivity contribution < 1.29 is 18.7 Å². The molecule has 29 heavy (non-hydrogen) atoms. The zero-order valence-corrected chi connectivity index (χ0v) is 17.2. The molecule has 1 unspecified atom stereocenters. The first kappa shape index (κ1) is 21.1. The van der Waals surface area contributed by atoms with E-state index in [0.717, 1.165) is 12.8 Å². The molecule has 1 heterocycles. The Morgan fingerprint density at radius 1 is 1.17 bits per heavy atom. The van der Waals surface area contributed by atoms with Gasteiger partial charge in [0.1, 0.15) is 11.6 Å². The second-order valence-corrected chi connectivity index (χ2v) is 7.76. The van der Waals surface area contributed by atoms with Crippen molar-refractivity contribution in [2.75, 3.05) is 13.1 Å². The molecular formula is C22H24ClFN2O3. The van der Waals surface area contributed by atoms with Crippen LogP contribution in [0, 0.1) is 18.7 Å².